The molecular formula is C9H10FNO4S. The van der Waals surface area contributed by atoms with Crippen molar-refractivity contribution in [2.24, 2.45) is 5.14 Å². The number of carboxylic acids is 1. The van der Waals surface area contributed by atoms with E-state index >= 15 is 0 Å². The molecule has 0 radical (unpaired) electrons. The highest BCUT2D eigenvalue weighted by Crippen LogP contribution is 2.23. The summed E-state index contributed by atoms with van der Waals surface area (Å²) in [6.45, 7) is 2.66. The molecule has 0 aliphatic carbocycles. The third kappa shape index (κ3) is 2.05. The molecule has 0 spiro atoms. The first-order valence-electron chi connectivity index (χ1n) is 4.22. The highest BCUT2D eigenvalue weighted by molar-refractivity contribution is 7.89. The van der Waals surface area contributed by atoms with E-state index in [-0.39, 0.29) is 16.0 Å². The van der Waals surface area contributed by atoms with Crippen molar-refractivity contribution in [1.29, 1.82) is 0 Å². The molecule has 0 saturated carbocycles. The third-order valence-electron chi connectivity index (χ3n) is 2.31. The molecule has 0 saturated heterocycles. The summed E-state index contributed by atoms with van der Waals surface area (Å²) in [4.78, 5) is 10.3. The Bertz CT molecular complexity index is 565. The maximum Gasteiger partial charge on any atom is 0.338 e. The second kappa shape index (κ2) is 3.84. The van der Waals surface area contributed by atoms with E-state index in [1.54, 1.807) is 0 Å². The number of rotatable bonds is 2. The lowest BCUT2D eigenvalue weighted by Crippen LogP contribution is -2.17. The fraction of sp³-hybridized carbons (Fsp3) is 0.222. The van der Waals surface area contributed by atoms with Crippen LogP contribution in [0.2, 0.25) is 0 Å². The van der Waals surface area contributed by atoms with Crippen molar-refractivity contribution in [1.82, 2.24) is 0 Å². The van der Waals surface area contributed by atoms with Gasteiger partial charge >= 0.3 is 5.97 Å². The topological polar surface area (TPSA) is 97.5 Å². The molecule has 0 aliphatic rings. The molecule has 16 heavy (non-hydrogen) atoms. The van der Waals surface area contributed by atoms with E-state index < -0.39 is 27.4 Å². The summed E-state index contributed by atoms with van der Waals surface area (Å²) < 4.78 is 35.8. The van der Waals surface area contributed by atoms with Crippen molar-refractivity contribution in [2.45, 2.75) is 18.7 Å². The smallest absolute Gasteiger partial charge is 0.338 e. The van der Waals surface area contributed by atoms with Crippen LogP contribution >= 0.6 is 0 Å². The Morgan fingerprint density at radius 3 is 2.25 bits per heavy atom. The van der Waals surface area contributed by atoms with Gasteiger partial charge in [0.05, 0.1) is 10.5 Å². The van der Waals surface area contributed by atoms with Crippen molar-refractivity contribution in [3.05, 3.63) is 28.6 Å². The Morgan fingerprint density at radius 1 is 1.38 bits per heavy atom. The van der Waals surface area contributed by atoms with E-state index in [0.717, 1.165) is 6.07 Å². The third-order valence-corrected chi connectivity index (χ3v) is 3.35. The summed E-state index contributed by atoms with van der Waals surface area (Å²) in [6, 6.07) is 0.731. The molecule has 0 bridgehead atoms. The number of hydrogen-bond acceptors (Lipinski definition) is 3. The van der Waals surface area contributed by atoms with Gasteiger partial charge in [0.15, 0.2) is 0 Å². The zero-order chi connectivity index (χ0) is 12.7. The molecule has 7 heteroatoms. The van der Waals surface area contributed by atoms with Gasteiger partial charge in [0.1, 0.15) is 5.82 Å². The quantitative estimate of drug-likeness (QED) is 0.807. The number of benzene rings is 1. The van der Waals surface area contributed by atoms with Gasteiger partial charge in [-0.3, -0.25) is 0 Å². The highest BCUT2D eigenvalue weighted by atomic mass is 32.2. The predicted molar refractivity (Wildman–Crippen MR) is 54.2 cm³/mol. The summed E-state index contributed by atoms with van der Waals surface area (Å²) in [7, 11) is -4.06. The fourth-order valence-corrected chi connectivity index (χ4v) is 2.17. The Morgan fingerprint density at radius 2 is 1.88 bits per heavy atom. The Kier molecular flexibility index (Phi) is 3.02. The van der Waals surface area contributed by atoms with Crippen molar-refractivity contribution in [3.63, 3.8) is 0 Å². The summed E-state index contributed by atoms with van der Waals surface area (Å²) >= 11 is 0. The number of halogens is 1. The molecule has 0 atom stereocenters. The van der Waals surface area contributed by atoms with E-state index in [9.17, 15) is 17.6 Å². The van der Waals surface area contributed by atoms with Gasteiger partial charge in [-0.25, -0.2) is 22.7 Å². The number of nitrogens with two attached hydrogens (primary N) is 1. The second-order valence-corrected chi connectivity index (χ2v) is 4.87. The monoisotopic (exact) mass is 247 g/mol. The van der Waals surface area contributed by atoms with E-state index in [2.05, 4.69) is 0 Å². The van der Waals surface area contributed by atoms with Gasteiger partial charge in [-0.1, -0.05) is 0 Å². The van der Waals surface area contributed by atoms with Crippen LogP contribution in [0, 0.1) is 19.7 Å². The molecular weight excluding hydrogens is 237 g/mol. The number of sulfonamides is 1. The molecule has 1 aromatic carbocycles. The maximum absolute atomic E-state index is 13.5. The fourth-order valence-electron chi connectivity index (χ4n) is 1.31. The number of carbonyl (C=O) groups is 1. The van der Waals surface area contributed by atoms with Crippen molar-refractivity contribution >= 4 is 16.0 Å². The SMILES string of the molecule is Cc1c(S(N)(=O)=O)cc(C(=O)O)c(F)c1C. The van der Waals surface area contributed by atoms with E-state index in [0.29, 0.717) is 0 Å². The lowest BCUT2D eigenvalue weighted by atomic mass is 10.1. The Hall–Kier alpha value is -1.47. The highest BCUT2D eigenvalue weighted by Gasteiger charge is 2.22. The first-order valence-corrected chi connectivity index (χ1v) is 5.76. The number of hydrogen-bond donors (Lipinski definition) is 2. The number of carboxylic acid groups (broad SMARTS) is 1. The minimum atomic E-state index is -4.06. The average Bonchev–Trinajstić information content (AvgIpc) is 2.11. The molecule has 1 aromatic rings. The lowest BCUT2D eigenvalue weighted by molar-refractivity contribution is 0.0691. The van der Waals surface area contributed by atoms with Crippen LogP contribution in [0.25, 0.3) is 0 Å². The maximum atomic E-state index is 13.5. The molecule has 0 aliphatic heterocycles. The molecule has 0 aromatic heterocycles. The van der Waals surface area contributed by atoms with Crippen LogP contribution < -0.4 is 5.14 Å². The zero-order valence-electron chi connectivity index (χ0n) is 8.61. The van der Waals surface area contributed by atoms with Gasteiger partial charge in [-0.15, -0.1) is 0 Å². The summed E-state index contributed by atoms with van der Waals surface area (Å²) in [6.07, 6.45) is 0. The molecule has 1 rings (SSSR count). The van der Waals surface area contributed by atoms with Gasteiger partial charge in [0.2, 0.25) is 10.0 Å². The molecule has 0 amide bonds. The Balaban J connectivity index is 3.74. The van der Waals surface area contributed by atoms with Gasteiger partial charge in [-0.05, 0) is 31.0 Å². The molecule has 3 N–H and O–H groups in total. The summed E-state index contributed by atoms with van der Waals surface area (Å²) in [5.74, 6) is -2.48. The molecule has 0 unspecified atom stereocenters. The van der Waals surface area contributed by atoms with E-state index in [1.807, 2.05) is 0 Å². The first kappa shape index (κ1) is 12.6. The Labute approximate surface area is 91.7 Å². The largest absolute Gasteiger partial charge is 0.478 e. The van der Waals surface area contributed by atoms with Crippen molar-refractivity contribution in [3.8, 4) is 0 Å². The molecule has 5 nitrogen and oxygen atoms in total. The lowest BCUT2D eigenvalue weighted by Gasteiger charge is -2.10. The average molecular weight is 247 g/mol. The van der Waals surface area contributed by atoms with E-state index in [4.69, 9.17) is 10.2 Å². The number of aromatic carboxylic acids is 1. The molecule has 0 fully saturated rings. The van der Waals surface area contributed by atoms with Gasteiger partial charge in [-0.2, -0.15) is 0 Å². The standard InChI is InChI=1S/C9H10FNO4S/c1-4-5(2)8(10)6(9(12)13)3-7(4)16(11,14)15/h3H,1-2H3,(H,12,13)(H2,11,14,15). The predicted octanol–water partition coefficient (Wildman–Crippen LogP) is 0.788. The van der Waals surface area contributed by atoms with Crippen LogP contribution in [-0.4, -0.2) is 19.5 Å². The minimum absolute atomic E-state index is 0.0380. The zero-order valence-corrected chi connectivity index (χ0v) is 9.43. The molecule has 88 valence electrons. The summed E-state index contributed by atoms with van der Waals surface area (Å²) in [5.41, 5.74) is -0.624. The van der Waals surface area contributed by atoms with Gasteiger partial charge in [0, 0.05) is 0 Å². The van der Waals surface area contributed by atoms with Gasteiger partial charge in [0.25, 0.3) is 0 Å². The van der Waals surface area contributed by atoms with Crippen LogP contribution in [0.1, 0.15) is 21.5 Å². The van der Waals surface area contributed by atoms with E-state index in [1.165, 1.54) is 13.8 Å². The normalized spacial score (nSPS) is 11.5. The minimum Gasteiger partial charge on any atom is -0.478 e. The van der Waals surface area contributed by atoms with Crippen molar-refractivity contribution < 1.29 is 22.7 Å². The summed E-state index contributed by atoms with van der Waals surface area (Å²) in [5, 5.41) is 13.6. The van der Waals surface area contributed by atoms with Crippen LogP contribution in [0.5, 0.6) is 0 Å². The number of primary sulfonamides is 1. The van der Waals surface area contributed by atoms with Crippen LogP contribution in [0.4, 0.5) is 4.39 Å². The van der Waals surface area contributed by atoms with Crippen LogP contribution in [0.15, 0.2) is 11.0 Å². The van der Waals surface area contributed by atoms with Crippen molar-refractivity contribution in [2.75, 3.05) is 0 Å². The van der Waals surface area contributed by atoms with Crippen LogP contribution in [0.3, 0.4) is 0 Å². The second-order valence-electron chi connectivity index (χ2n) is 3.34. The first-order chi connectivity index (χ1) is 7.16. The van der Waals surface area contributed by atoms with Gasteiger partial charge < -0.3 is 5.11 Å². The van der Waals surface area contributed by atoms with Crippen LogP contribution in [-0.2, 0) is 10.0 Å². The molecule has 0 heterocycles.